The number of nitrogens with zero attached hydrogens (tertiary/aromatic N) is 2. The molecule has 31 heavy (non-hydrogen) atoms. The Hall–Kier alpha value is -1.76. The molecule has 0 spiro atoms. The third kappa shape index (κ3) is 6.37. The van der Waals surface area contributed by atoms with Crippen LogP contribution in [0.3, 0.4) is 0 Å². The minimum atomic E-state index is -0.566. The molecule has 6 nitrogen and oxygen atoms in total. The Labute approximate surface area is 193 Å². The molecule has 1 fully saturated rings. The molecule has 0 bridgehead atoms. The number of halogens is 2. The Bertz CT molecular complexity index is 883. The summed E-state index contributed by atoms with van der Waals surface area (Å²) in [6, 6.07) is 5.33. The zero-order valence-corrected chi connectivity index (χ0v) is 20.1. The van der Waals surface area contributed by atoms with Crippen LogP contribution in [0.1, 0.15) is 70.6 Å². The molecular formula is C23H30Cl2N2O4. The molecule has 3 rings (SSSR count). The van der Waals surface area contributed by atoms with Crippen LogP contribution in [-0.2, 0) is 16.1 Å². The highest BCUT2D eigenvalue weighted by atomic mass is 35.5. The summed E-state index contributed by atoms with van der Waals surface area (Å²) in [7, 11) is 0. The maximum absolute atomic E-state index is 12.6. The molecule has 0 N–H and O–H groups in total. The SMILES string of the molecule is CCCCN(COCc1c(-c2c(Cl)cccc2Cl)noc1C1CC1)C(=O)OC(C)(C)C. The van der Waals surface area contributed by atoms with Crippen molar-refractivity contribution in [3.05, 3.63) is 39.6 Å². The van der Waals surface area contributed by atoms with Crippen LogP contribution in [0.5, 0.6) is 0 Å². The number of rotatable bonds is 9. The van der Waals surface area contributed by atoms with E-state index in [9.17, 15) is 4.79 Å². The van der Waals surface area contributed by atoms with Gasteiger partial charge in [-0.1, -0.05) is 47.8 Å². The average Bonchev–Trinajstić information content (AvgIpc) is 3.44. The normalized spacial score (nSPS) is 14.0. The average molecular weight is 469 g/mol. The molecule has 0 saturated heterocycles. The molecule has 170 valence electrons. The Balaban J connectivity index is 1.77. The fourth-order valence-electron chi connectivity index (χ4n) is 3.19. The number of benzene rings is 1. The molecule has 1 aliphatic carbocycles. The quantitative estimate of drug-likeness (QED) is 0.369. The van der Waals surface area contributed by atoms with Crippen LogP contribution < -0.4 is 0 Å². The monoisotopic (exact) mass is 468 g/mol. The van der Waals surface area contributed by atoms with Crippen molar-refractivity contribution in [3.8, 4) is 11.3 Å². The number of hydrogen-bond acceptors (Lipinski definition) is 5. The predicted molar refractivity (Wildman–Crippen MR) is 121 cm³/mol. The summed E-state index contributed by atoms with van der Waals surface area (Å²) < 4.78 is 17.2. The summed E-state index contributed by atoms with van der Waals surface area (Å²) in [5.74, 6) is 1.14. The van der Waals surface area contributed by atoms with Crippen LogP contribution in [0.25, 0.3) is 11.3 Å². The maximum Gasteiger partial charge on any atom is 0.412 e. The van der Waals surface area contributed by atoms with E-state index in [4.69, 9.17) is 37.2 Å². The van der Waals surface area contributed by atoms with E-state index >= 15 is 0 Å². The first-order valence-corrected chi connectivity index (χ1v) is 11.4. The van der Waals surface area contributed by atoms with Gasteiger partial charge in [0, 0.05) is 23.6 Å². The third-order valence-electron chi connectivity index (χ3n) is 4.89. The summed E-state index contributed by atoms with van der Waals surface area (Å²) in [5.41, 5.74) is 1.49. The molecule has 1 saturated carbocycles. The van der Waals surface area contributed by atoms with Crippen LogP contribution >= 0.6 is 23.2 Å². The van der Waals surface area contributed by atoms with Crippen LogP contribution in [0.2, 0.25) is 10.0 Å². The van der Waals surface area contributed by atoms with Gasteiger partial charge in [0.15, 0.2) is 0 Å². The number of hydrogen-bond donors (Lipinski definition) is 0. The molecule has 0 unspecified atom stereocenters. The van der Waals surface area contributed by atoms with E-state index in [2.05, 4.69) is 12.1 Å². The molecular weight excluding hydrogens is 439 g/mol. The van der Waals surface area contributed by atoms with Crippen molar-refractivity contribution >= 4 is 29.3 Å². The van der Waals surface area contributed by atoms with Gasteiger partial charge in [-0.05, 0) is 52.2 Å². The number of carbonyl (C=O) groups excluding carboxylic acids is 1. The Morgan fingerprint density at radius 3 is 2.52 bits per heavy atom. The van der Waals surface area contributed by atoms with E-state index in [1.54, 1.807) is 23.1 Å². The summed E-state index contributed by atoms with van der Waals surface area (Å²) >= 11 is 12.8. The molecule has 0 radical (unpaired) electrons. The first-order valence-electron chi connectivity index (χ1n) is 10.7. The Kier molecular flexibility index (Phi) is 7.89. The third-order valence-corrected chi connectivity index (χ3v) is 5.52. The van der Waals surface area contributed by atoms with Gasteiger partial charge in [0.1, 0.15) is 23.8 Å². The fourth-order valence-corrected chi connectivity index (χ4v) is 3.77. The highest BCUT2D eigenvalue weighted by Gasteiger charge is 2.33. The lowest BCUT2D eigenvalue weighted by molar-refractivity contribution is -0.0182. The van der Waals surface area contributed by atoms with E-state index in [1.807, 2.05) is 20.8 Å². The van der Waals surface area contributed by atoms with Crippen LogP contribution in [0.15, 0.2) is 22.7 Å². The van der Waals surface area contributed by atoms with Crippen LogP contribution in [0.4, 0.5) is 4.79 Å². The lowest BCUT2D eigenvalue weighted by atomic mass is 10.0. The van der Waals surface area contributed by atoms with Gasteiger partial charge in [-0.2, -0.15) is 0 Å². The highest BCUT2D eigenvalue weighted by molar-refractivity contribution is 6.39. The topological polar surface area (TPSA) is 64.8 Å². The molecule has 1 amide bonds. The van der Waals surface area contributed by atoms with Crippen molar-refractivity contribution in [2.24, 2.45) is 0 Å². The van der Waals surface area contributed by atoms with Gasteiger partial charge >= 0.3 is 6.09 Å². The van der Waals surface area contributed by atoms with E-state index in [0.717, 1.165) is 37.0 Å². The number of ether oxygens (including phenoxy) is 2. The zero-order chi connectivity index (χ0) is 22.6. The van der Waals surface area contributed by atoms with Gasteiger partial charge in [0.25, 0.3) is 0 Å². The second-order valence-corrected chi connectivity index (χ2v) is 9.63. The molecule has 0 atom stereocenters. The minimum Gasteiger partial charge on any atom is -0.444 e. The van der Waals surface area contributed by atoms with E-state index in [1.165, 1.54) is 0 Å². The predicted octanol–water partition coefficient (Wildman–Crippen LogP) is 7.04. The standard InChI is InChI=1S/C23H30Cl2N2O4/c1-5-6-12-27(22(28)30-23(2,3)4)14-29-13-16-20(26-31-21(16)15-10-11-15)19-17(24)8-7-9-18(19)25/h7-9,15H,5-6,10-14H2,1-4H3. The van der Waals surface area contributed by atoms with Gasteiger partial charge in [0.05, 0.1) is 16.7 Å². The molecule has 2 aromatic rings. The molecule has 1 heterocycles. The van der Waals surface area contributed by atoms with Crippen molar-refractivity contribution < 1.29 is 18.8 Å². The van der Waals surface area contributed by atoms with E-state index in [0.29, 0.717) is 33.8 Å². The van der Waals surface area contributed by atoms with Crippen LogP contribution in [-0.4, -0.2) is 35.0 Å². The van der Waals surface area contributed by atoms with Gasteiger partial charge in [-0.3, -0.25) is 4.90 Å². The largest absolute Gasteiger partial charge is 0.444 e. The van der Waals surface area contributed by atoms with Gasteiger partial charge < -0.3 is 14.0 Å². The molecule has 0 aliphatic heterocycles. The van der Waals surface area contributed by atoms with Gasteiger partial charge in [-0.25, -0.2) is 4.79 Å². The molecule has 1 aromatic carbocycles. The lowest BCUT2D eigenvalue weighted by Gasteiger charge is -2.27. The zero-order valence-electron chi connectivity index (χ0n) is 18.5. The number of aromatic nitrogens is 1. The van der Waals surface area contributed by atoms with Crippen molar-refractivity contribution in [1.29, 1.82) is 0 Å². The summed E-state index contributed by atoms with van der Waals surface area (Å²) in [4.78, 5) is 14.2. The number of amides is 1. The van der Waals surface area contributed by atoms with Gasteiger partial charge in [-0.15, -0.1) is 0 Å². The van der Waals surface area contributed by atoms with Crippen molar-refractivity contribution in [2.75, 3.05) is 13.3 Å². The highest BCUT2D eigenvalue weighted by Crippen LogP contribution is 2.46. The fraction of sp³-hybridized carbons (Fsp3) is 0.565. The van der Waals surface area contributed by atoms with Crippen molar-refractivity contribution in [3.63, 3.8) is 0 Å². The van der Waals surface area contributed by atoms with Crippen molar-refractivity contribution in [1.82, 2.24) is 10.1 Å². The lowest BCUT2D eigenvalue weighted by Crippen LogP contribution is -2.38. The van der Waals surface area contributed by atoms with Gasteiger partial charge in [0.2, 0.25) is 0 Å². The number of carbonyl (C=O) groups is 1. The summed E-state index contributed by atoms with van der Waals surface area (Å²) in [6.07, 6.45) is 3.55. The Morgan fingerprint density at radius 1 is 1.26 bits per heavy atom. The maximum atomic E-state index is 12.6. The smallest absolute Gasteiger partial charge is 0.412 e. The number of unbranched alkanes of at least 4 members (excludes halogenated alkanes) is 1. The molecule has 1 aromatic heterocycles. The first-order chi connectivity index (χ1) is 14.7. The van der Waals surface area contributed by atoms with Crippen LogP contribution in [0, 0.1) is 0 Å². The van der Waals surface area contributed by atoms with E-state index < -0.39 is 5.60 Å². The summed E-state index contributed by atoms with van der Waals surface area (Å²) in [6.45, 7) is 8.53. The second-order valence-electron chi connectivity index (χ2n) is 8.82. The molecule has 1 aliphatic rings. The molecule has 8 heteroatoms. The minimum absolute atomic E-state index is 0.111. The summed E-state index contributed by atoms with van der Waals surface area (Å²) in [5, 5.41) is 5.28. The second kappa shape index (κ2) is 10.2. The van der Waals surface area contributed by atoms with E-state index in [-0.39, 0.29) is 19.4 Å². The first kappa shape index (κ1) is 23.9. The van der Waals surface area contributed by atoms with Crippen molar-refractivity contribution in [2.45, 2.75) is 71.5 Å². The Morgan fingerprint density at radius 2 is 1.94 bits per heavy atom.